The quantitative estimate of drug-likeness (QED) is 0.106. The van der Waals surface area contributed by atoms with Crippen molar-refractivity contribution >= 4 is 71.2 Å². The molecule has 0 aliphatic rings. The number of rotatable bonds is 6. The largest absolute Gasteiger partial charge is 0.305 e. The van der Waals surface area contributed by atoms with E-state index >= 15 is 0 Å². The smallest absolute Gasteiger partial charge is 0.249 e. The summed E-state index contributed by atoms with van der Waals surface area (Å²) in [5, 5.41) is 4.35. The Kier molecular flexibility index (Phi) is 9.74. The van der Waals surface area contributed by atoms with Crippen LogP contribution in [0.2, 0.25) is 33.2 Å². The van der Waals surface area contributed by atoms with Gasteiger partial charge in [0, 0.05) is 16.8 Å². The van der Waals surface area contributed by atoms with E-state index in [0.29, 0.717) is 66.7 Å². The van der Waals surface area contributed by atoms with Crippen LogP contribution < -0.4 is 5.56 Å². The van der Waals surface area contributed by atoms with E-state index in [1.54, 1.807) is 6.07 Å². The average molecular weight is 710 g/mol. The number of aromatic nitrogens is 5. The Morgan fingerprint density at radius 3 is 1.37 bits per heavy atom. The first-order valence-electron chi connectivity index (χ1n) is 18.5. The van der Waals surface area contributed by atoms with Crippen molar-refractivity contribution in [2.45, 2.75) is 116 Å². The topological polar surface area (TPSA) is 84.4 Å². The summed E-state index contributed by atoms with van der Waals surface area (Å²) in [6.07, 6.45) is 0. The molecule has 0 saturated carbocycles. The van der Waals surface area contributed by atoms with Crippen molar-refractivity contribution in [3.05, 3.63) is 70.0 Å². The zero-order chi connectivity index (χ0) is 37.0. The van der Waals surface area contributed by atoms with Crippen molar-refractivity contribution < 1.29 is 0 Å². The molecule has 3 aromatic heterocycles. The van der Waals surface area contributed by atoms with Gasteiger partial charge in [-0.25, -0.2) is 19.9 Å². The van der Waals surface area contributed by atoms with Crippen LogP contribution in [0.15, 0.2) is 53.3 Å². The maximum absolute atomic E-state index is 12.2. The highest BCUT2D eigenvalue weighted by Crippen LogP contribution is 2.43. The van der Waals surface area contributed by atoms with Crippen LogP contribution in [0.3, 0.4) is 0 Å². The van der Waals surface area contributed by atoms with Gasteiger partial charge in [0.2, 0.25) is 11.2 Å². The summed E-state index contributed by atoms with van der Waals surface area (Å²) in [7, 11) is -4.24. The number of H-pyrrole nitrogens is 1. The molecule has 3 aromatic carbocycles. The molecule has 0 amide bonds. The van der Waals surface area contributed by atoms with E-state index in [1.165, 1.54) is 6.07 Å². The fourth-order valence-electron chi connectivity index (χ4n) is 9.14. The summed E-state index contributed by atoms with van der Waals surface area (Å²) in [6.45, 7) is 28.1. The van der Waals surface area contributed by atoms with E-state index in [2.05, 4.69) is 147 Å². The van der Waals surface area contributed by atoms with Crippen molar-refractivity contribution in [2.24, 2.45) is 0 Å². The fraction of sp³-hybridized carbons (Fsp3) is 0.419. The molecule has 0 unspecified atom stereocenters. The van der Waals surface area contributed by atoms with Crippen molar-refractivity contribution in [1.29, 1.82) is 0 Å². The number of benzene rings is 3. The third-order valence-corrected chi connectivity index (χ3v) is 24.2. The molecule has 51 heavy (non-hydrogen) atoms. The first-order chi connectivity index (χ1) is 24.1. The van der Waals surface area contributed by atoms with Gasteiger partial charge < -0.3 is 4.98 Å². The highest BCUT2D eigenvalue weighted by atomic mass is 28.3. The van der Waals surface area contributed by atoms with Gasteiger partial charge in [0.15, 0.2) is 11.3 Å². The second kappa shape index (κ2) is 13.6. The van der Waals surface area contributed by atoms with E-state index in [-0.39, 0.29) is 5.56 Å². The van der Waals surface area contributed by atoms with Gasteiger partial charge in [-0.3, -0.25) is 4.79 Å². The Balaban J connectivity index is 1.86. The number of pyridine rings is 1. The molecule has 0 radical (unpaired) electrons. The summed E-state index contributed by atoms with van der Waals surface area (Å²) in [5.74, 6) is 7.63. The van der Waals surface area contributed by atoms with Gasteiger partial charge in [0.1, 0.15) is 32.7 Å². The zero-order valence-corrected chi connectivity index (χ0v) is 34.3. The van der Waals surface area contributed by atoms with Gasteiger partial charge in [0.05, 0.1) is 11.1 Å². The summed E-state index contributed by atoms with van der Waals surface area (Å²) >= 11 is 0. The number of hydrogen-bond acceptors (Lipinski definition) is 5. The summed E-state index contributed by atoms with van der Waals surface area (Å²) < 4.78 is 0. The van der Waals surface area contributed by atoms with Crippen molar-refractivity contribution in [1.82, 2.24) is 24.9 Å². The van der Waals surface area contributed by atoms with Crippen LogP contribution in [-0.2, 0) is 0 Å². The van der Waals surface area contributed by atoms with Gasteiger partial charge in [-0.15, -0.1) is 11.1 Å². The SMILES string of the molecule is CC(C)[Si](C#Cc1c2cc3ccccc3cc2c(C#C[Si](C(C)C)(C(C)C)C(C)C)c2nc3nc4[nH]c(=O)ccc4nc3nc12)(C(C)C)C(C)C. The fourth-order valence-corrected chi connectivity index (χ4v) is 19.6. The number of nitrogens with one attached hydrogen (secondary N) is 1. The molecule has 0 fully saturated rings. The molecule has 8 heteroatoms. The number of nitrogens with zero attached hydrogens (tertiary/aromatic N) is 4. The van der Waals surface area contributed by atoms with Crippen molar-refractivity contribution in [3.63, 3.8) is 0 Å². The standard InChI is InChI=1S/C43H51N5OSi2/c1-25(2)50(26(3)4,27(5)6)21-19-33-35-23-31-15-13-14-16-32(31)24-36(35)34(20-22-51(28(7)8,29(9)10)30(11)12)40-39(33)46-42-43(47-40)48-41-37(44-42)17-18-38(49)45-41/h13-18,23-30H,1-12H3,(H,45,47,48,49). The highest BCUT2D eigenvalue weighted by molar-refractivity contribution is 6.91. The molecular weight excluding hydrogens is 659 g/mol. The minimum atomic E-state index is -2.13. The van der Waals surface area contributed by atoms with Gasteiger partial charge >= 0.3 is 0 Å². The van der Waals surface area contributed by atoms with Crippen molar-refractivity contribution in [2.75, 3.05) is 0 Å². The molecule has 3 heterocycles. The lowest BCUT2D eigenvalue weighted by Crippen LogP contribution is -2.43. The van der Waals surface area contributed by atoms with E-state index < -0.39 is 16.1 Å². The lowest BCUT2D eigenvalue weighted by atomic mass is 9.94. The molecule has 0 aliphatic heterocycles. The first kappa shape index (κ1) is 36.4. The van der Waals surface area contributed by atoms with Gasteiger partial charge in [-0.2, -0.15) is 0 Å². The normalized spacial score (nSPS) is 12.7. The van der Waals surface area contributed by atoms with Crippen LogP contribution in [0.25, 0.3) is 55.0 Å². The molecule has 0 bridgehead atoms. The number of hydrogen-bond donors (Lipinski definition) is 1. The van der Waals surface area contributed by atoms with E-state index in [4.69, 9.17) is 19.9 Å². The molecule has 6 nitrogen and oxygen atoms in total. The van der Waals surface area contributed by atoms with Crippen LogP contribution in [0.5, 0.6) is 0 Å². The van der Waals surface area contributed by atoms with Crippen molar-refractivity contribution in [3.8, 4) is 22.9 Å². The molecule has 0 spiro atoms. The van der Waals surface area contributed by atoms with Gasteiger partial charge in [-0.1, -0.05) is 119 Å². The second-order valence-electron chi connectivity index (χ2n) is 16.1. The number of fused-ring (bicyclic) bond motifs is 5. The third kappa shape index (κ3) is 6.07. The molecular formula is C43H51N5OSi2. The van der Waals surface area contributed by atoms with Gasteiger partial charge in [-0.05, 0) is 62.2 Å². The Bertz CT molecular complexity index is 2460. The zero-order valence-electron chi connectivity index (χ0n) is 32.3. The molecule has 6 aromatic rings. The van der Waals surface area contributed by atoms with E-state index in [0.717, 1.165) is 32.7 Å². The van der Waals surface area contributed by atoms with Crippen LogP contribution >= 0.6 is 0 Å². The van der Waals surface area contributed by atoms with E-state index in [1.807, 2.05) is 0 Å². The average Bonchev–Trinajstić information content (AvgIpc) is 3.05. The van der Waals surface area contributed by atoms with Crippen LogP contribution in [0, 0.1) is 22.9 Å². The molecule has 6 rings (SSSR count). The second-order valence-corrected chi connectivity index (χ2v) is 27.3. The monoisotopic (exact) mass is 709 g/mol. The summed E-state index contributed by atoms with van der Waals surface area (Å²) in [5.41, 5.74) is 15.4. The molecule has 0 saturated heterocycles. The maximum atomic E-state index is 12.2. The minimum Gasteiger partial charge on any atom is -0.305 e. The Morgan fingerprint density at radius 1 is 0.549 bits per heavy atom. The lowest BCUT2D eigenvalue weighted by molar-refractivity contribution is 0.838. The molecule has 0 aliphatic carbocycles. The Morgan fingerprint density at radius 2 is 0.961 bits per heavy atom. The van der Waals surface area contributed by atoms with Crippen LogP contribution in [0.1, 0.15) is 94.2 Å². The highest BCUT2D eigenvalue weighted by Gasteiger charge is 2.43. The first-order valence-corrected chi connectivity index (χ1v) is 23.0. The maximum Gasteiger partial charge on any atom is 0.249 e. The van der Waals surface area contributed by atoms with Crippen LogP contribution in [0.4, 0.5) is 0 Å². The molecule has 1 N–H and O–H groups in total. The lowest BCUT2D eigenvalue weighted by Gasteiger charge is -2.38. The predicted molar refractivity (Wildman–Crippen MR) is 222 cm³/mol. The summed E-state index contributed by atoms with van der Waals surface area (Å²) in [4.78, 5) is 35.2. The molecule has 262 valence electrons. The molecule has 0 atom stereocenters. The predicted octanol–water partition coefficient (Wildman–Crippen LogP) is 10.9. The number of aromatic amines is 1. The Labute approximate surface area is 304 Å². The van der Waals surface area contributed by atoms with Gasteiger partial charge in [0.25, 0.3) is 0 Å². The van der Waals surface area contributed by atoms with E-state index in [9.17, 15) is 4.79 Å². The minimum absolute atomic E-state index is 0.239. The summed E-state index contributed by atoms with van der Waals surface area (Å²) in [6, 6.07) is 16.2. The third-order valence-electron chi connectivity index (χ3n) is 11.6. The van der Waals surface area contributed by atoms with Crippen LogP contribution in [-0.4, -0.2) is 41.1 Å². The Hall–Kier alpha value is -4.38.